The van der Waals surface area contributed by atoms with Crippen molar-refractivity contribution in [3.8, 4) is 23.7 Å². The number of nitrogens with two attached hydrogens (primary N) is 1. The van der Waals surface area contributed by atoms with Gasteiger partial charge in [-0.15, -0.1) is 0 Å². The predicted molar refractivity (Wildman–Crippen MR) is 165 cm³/mol. The van der Waals surface area contributed by atoms with E-state index in [9.17, 15) is 29.3 Å². The molecule has 12 heteroatoms. The summed E-state index contributed by atoms with van der Waals surface area (Å²) < 4.78 is 2.93. The SMILES string of the molecule is C.CC(=O)NCC#Cc1cc2cc(N)ccc2n1C(C)=O.CC(=O)NCC#Cc1cc2cc([N+](=O)[O-])ccc2n1C(C)=O. The van der Waals surface area contributed by atoms with Crippen LogP contribution in [0.4, 0.5) is 11.4 Å². The van der Waals surface area contributed by atoms with Crippen LogP contribution in [0.25, 0.3) is 21.8 Å². The number of nitrogens with one attached hydrogen (secondary N) is 2. The number of non-ortho nitro benzene ring substituents is 1. The summed E-state index contributed by atoms with van der Waals surface area (Å²) in [5.41, 5.74) is 8.66. The summed E-state index contributed by atoms with van der Waals surface area (Å²) in [6, 6.07) is 13.0. The van der Waals surface area contributed by atoms with E-state index in [1.54, 1.807) is 24.3 Å². The Balaban J connectivity index is 0.000000295. The molecule has 2 aromatic heterocycles. The monoisotopic (exact) mass is 584 g/mol. The van der Waals surface area contributed by atoms with E-state index in [-0.39, 0.29) is 49.8 Å². The number of aromatic nitrogens is 2. The number of rotatable bonds is 3. The molecule has 4 N–H and O–H groups in total. The molecule has 12 nitrogen and oxygen atoms in total. The first-order valence-corrected chi connectivity index (χ1v) is 12.6. The first kappa shape index (κ1) is 33.3. The van der Waals surface area contributed by atoms with Gasteiger partial charge in [0.15, 0.2) is 0 Å². The number of amides is 2. The van der Waals surface area contributed by atoms with Gasteiger partial charge >= 0.3 is 0 Å². The fourth-order valence-electron chi connectivity index (χ4n) is 4.02. The van der Waals surface area contributed by atoms with Crippen LogP contribution in [0.3, 0.4) is 0 Å². The molecule has 43 heavy (non-hydrogen) atoms. The smallest absolute Gasteiger partial charge is 0.270 e. The summed E-state index contributed by atoms with van der Waals surface area (Å²) in [5.74, 6) is 10.5. The third kappa shape index (κ3) is 8.55. The van der Waals surface area contributed by atoms with Gasteiger partial charge in [0.1, 0.15) is 11.4 Å². The summed E-state index contributed by atoms with van der Waals surface area (Å²) in [5, 5.41) is 17.3. The molecule has 2 aromatic carbocycles. The minimum absolute atomic E-state index is 0. The quantitative estimate of drug-likeness (QED) is 0.143. The molecule has 222 valence electrons. The zero-order valence-corrected chi connectivity index (χ0v) is 23.4. The first-order chi connectivity index (χ1) is 19.9. The van der Waals surface area contributed by atoms with Crippen LogP contribution >= 0.6 is 0 Å². The van der Waals surface area contributed by atoms with Crippen LogP contribution in [0.5, 0.6) is 0 Å². The van der Waals surface area contributed by atoms with Crippen molar-refractivity contribution in [3.63, 3.8) is 0 Å². The standard InChI is InChI=1S/C15H13N3O4.C15H15N3O2.CH4/c1-10(19)16-7-3-4-13-8-12-9-14(18(21)22)5-6-15(12)17(13)11(2)20;1-10(19)17-7-3-4-14-9-12-8-13(16)5-6-15(12)18(14)11(2)20;/h5-6,8-9H,7H2,1-2H3,(H,16,19);5-6,8-9H,7,16H2,1-2H3,(H,17,19);1H4. The second-order valence-corrected chi connectivity index (χ2v) is 9.01. The highest BCUT2D eigenvalue weighted by Gasteiger charge is 2.14. The Morgan fingerprint density at radius 3 is 1.63 bits per heavy atom. The van der Waals surface area contributed by atoms with E-state index in [0.29, 0.717) is 28.0 Å². The molecular formula is C31H32N6O6. The van der Waals surface area contributed by atoms with Crippen molar-refractivity contribution in [3.05, 3.63) is 70.0 Å². The number of carbonyl (C=O) groups is 4. The molecule has 0 aliphatic carbocycles. The number of nitrogens with zero attached hydrogens (tertiary/aromatic N) is 3. The number of anilines is 1. The number of carbonyl (C=O) groups excluding carboxylic acids is 4. The number of benzene rings is 2. The Bertz CT molecular complexity index is 1860. The van der Waals surface area contributed by atoms with E-state index in [2.05, 4.69) is 34.3 Å². The minimum atomic E-state index is -0.493. The van der Waals surface area contributed by atoms with Gasteiger partial charge in [-0.25, -0.2) is 0 Å². The van der Waals surface area contributed by atoms with Crippen LogP contribution in [0.1, 0.15) is 56.1 Å². The van der Waals surface area contributed by atoms with Crippen molar-refractivity contribution >= 4 is 56.8 Å². The summed E-state index contributed by atoms with van der Waals surface area (Å²) in [6.07, 6.45) is 0. The molecule has 0 radical (unpaired) electrons. The highest BCUT2D eigenvalue weighted by Crippen LogP contribution is 2.24. The fraction of sp³-hybridized carbons (Fsp3) is 0.226. The summed E-state index contributed by atoms with van der Waals surface area (Å²) in [7, 11) is 0. The van der Waals surface area contributed by atoms with Crippen molar-refractivity contribution < 1.29 is 24.1 Å². The van der Waals surface area contributed by atoms with Crippen LogP contribution in [-0.2, 0) is 9.59 Å². The van der Waals surface area contributed by atoms with Gasteiger partial charge in [-0.05, 0) is 48.2 Å². The number of nitro benzene ring substituents is 1. The van der Waals surface area contributed by atoms with Crippen LogP contribution in [0.15, 0.2) is 48.5 Å². The maximum Gasteiger partial charge on any atom is 0.270 e. The summed E-state index contributed by atoms with van der Waals surface area (Å²) in [4.78, 5) is 55.4. The molecule has 0 aliphatic heterocycles. The number of hydrogen-bond donors (Lipinski definition) is 3. The first-order valence-electron chi connectivity index (χ1n) is 12.6. The highest BCUT2D eigenvalue weighted by molar-refractivity contribution is 5.96. The van der Waals surface area contributed by atoms with Gasteiger partial charge in [-0.1, -0.05) is 19.3 Å². The number of nitro groups is 1. The van der Waals surface area contributed by atoms with Crippen molar-refractivity contribution in [1.29, 1.82) is 0 Å². The molecule has 0 unspecified atom stereocenters. The second kappa shape index (κ2) is 14.7. The van der Waals surface area contributed by atoms with Crippen molar-refractivity contribution in [2.75, 3.05) is 18.8 Å². The maximum absolute atomic E-state index is 11.8. The fourth-order valence-corrected chi connectivity index (χ4v) is 4.02. The average molecular weight is 585 g/mol. The molecule has 0 spiro atoms. The summed E-state index contributed by atoms with van der Waals surface area (Å²) in [6.45, 7) is 6.09. The molecule has 0 bridgehead atoms. The lowest BCUT2D eigenvalue weighted by atomic mass is 10.2. The Labute approximate surface area is 248 Å². The predicted octanol–water partition coefficient (Wildman–Crippen LogP) is 3.70. The molecule has 2 heterocycles. The van der Waals surface area contributed by atoms with Crippen LogP contribution < -0.4 is 16.4 Å². The maximum atomic E-state index is 11.8. The Kier molecular flexibility index (Phi) is 11.4. The van der Waals surface area contributed by atoms with Gasteiger partial charge in [0.05, 0.1) is 29.0 Å². The van der Waals surface area contributed by atoms with Crippen LogP contribution in [0.2, 0.25) is 0 Å². The van der Waals surface area contributed by atoms with Crippen molar-refractivity contribution in [2.45, 2.75) is 35.1 Å². The van der Waals surface area contributed by atoms with Gasteiger partial charge in [0, 0.05) is 56.3 Å². The number of fused-ring (bicyclic) bond motifs is 2. The molecule has 4 aromatic rings. The van der Waals surface area contributed by atoms with Crippen LogP contribution in [0, 0.1) is 33.8 Å². The normalized spacial score (nSPS) is 9.67. The molecule has 0 saturated carbocycles. The molecule has 0 aliphatic rings. The Morgan fingerprint density at radius 1 is 0.767 bits per heavy atom. The minimum Gasteiger partial charge on any atom is -0.399 e. The average Bonchev–Trinajstić information content (AvgIpc) is 3.46. The van der Waals surface area contributed by atoms with Gasteiger partial charge in [-0.3, -0.25) is 38.4 Å². The van der Waals surface area contributed by atoms with Gasteiger partial charge in [0.25, 0.3) is 5.69 Å². The Hall–Kier alpha value is -5.88. The van der Waals surface area contributed by atoms with E-state index in [4.69, 9.17) is 5.73 Å². The lowest BCUT2D eigenvalue weighted by Crippen LogP contribution is -2.19. The Morgan fingerprint density at radius 2 is 1.21 bits per heavy atom. The third-order valence-electron chi connectivity index (χ3n) is 5.74. The zero-order valence-electron chi connectivity index (χ0n) is 23.4. The molecule has 0 fully saturated rings. The molecule has 0 saturated heterocycles. The van der Waals surface area contributed by atoms with Crippen LogP contribution in [-0.4, -0.2) is 50.8 Å². The topological polar surface area (TPSA) is 171 Å². The van der Waals surface area contributed by atoms with E-state index >= 15 is 0 Å². The molecule has 4 rings (SSSR count). The third-order valence-corrected chi connectivity index (χ3v) is 5.74. The van der Waals surface area contributed by atoms with E-state index < -0.39 is 4.92 Å². The lowest BCUT2D eigenvalue weighted by molar-refractivity contribution is -0.384. The van der Waals surface area contributed by atoms with Crippen molar-refractivity contribution in [2.24, 2.45) is 0 Å². The van der Waals surface area contributed by atoms with Crippen molar-refractivity contribution in [1.82, 2.24) is 19.8 Å². The molecular weight excluding hydrogens is 552 g/mol. The lowest BCUT2D eigenvalue weighted by Gasteiger charge is -2.01. The molecule has 2 amide bonds. The van der Waals surface area contributed by atoms with Gasteiger partial charge in [-0.2, -0.15) is 0 Å². The van der Waals surface area contributed by atoms with Gasteiger partial charge in [0.2, 0.25) is 23.6 Å². The highest BCUT2D eigenvalue weighted by atomic mass is 16.6. The number of nitrogen functional groups attached to an aromatic ring is 1. The van der Waals surface area contributed by atoms with E-state index in [0.717, 1.165) is 10.9 Å². The van der Waals surface area contributed by atoms with Gasteiger partial charge < -0.3 is 16.4 Å². The number of hydrogen-bond acceptors (Lipinski definition) is 7. The molecule has 0 atom stereocenters. The largest absolute Gasteiger partial charge is 0.399 e. The van der Waals surface area contributed by atoms with E-state index in [1.165, 1.54) is 55.0 Å². The zero-order chi connectivity index (χ0) is 31.0. The van der Waals surface area contributed by atoms with E-state index in [1.807, 2.05) is 6.07 Å². The summed E-state index contributed by atoms with van der Waals surface area (Å²) >= 11 is 0. The second-order valence-electron chi connectivity index (χ2n) is 9.01.